The maximum absolute atomic E-state index is 12.9. The Morgan fingerprint density at radius 1 is 0.848 bits per heavy atom. The molecule has 0 aliphatic rings. The van der Waals surface area contributed by atoms with E-state index in [1.165, 1.54) is 0 Å². The van der Waals surface area contributed by atoms with Crippen LogP contribution in [-0.2, 0) is 28.8 Å². The van der Waals surface area contributed by atoms with Crippen molar-refractivity contribution in [3.05, 3.63) is 0 Å². The molecular weight excluding hydrogens is 438 g/mol. The molecule has 0 aromatic heterocycles. The van der Waals surface area contributed by atoms with Gasteiger partial charge in [-0.1, -0.05) is 34.1 Å². The van der Waals surface area contributed by atoms with Crippen molar-refractivity contribution < 1.29 is 39.0 Å². The molecule has 0 aromatic carbocycles. The molecule has 0 rings (SSSR count). The fourth-order valence-electron chi connectivity index (χ4n) is 2.83. The maximum atomic E-state index is 12.9. The van der Waals surface area contributed by atoms with Crippen LogP contribution in [0.1, 0.15) is 53.4 Å². The molecule has 5 unspecified atom stereocenters. The van der Waals surface area contributed by atoms with E-state index in [1.807, 2.05) is 0 Å². The first kappa shape index (κ1) is 29.8. The molecule has 0 radical (unpaired) electrons. The van der Waals surface area contributed by atoms with Gasteiger partial charge in [0.1, 0.15) is 18.1 Å². The van der Waals surface area contributed by atoms with Crippen molar-refractivity contribution in [2.24, 2.45) is 23.3 Å². The minimum atomic E-state index is -1.39. The van der Waals surface area contributed by atoms with Gasteiger partial charge in [-0.25, -0.2) is 4.79 Å². The number of rotatable bonds is 15. The highest BCUT2D eigenvalue weighted by molar-refractivity contribution is 5.95. The van der Waals surface area contributed by atoms with Gasteiger partial charge in [-0.2, -0.15) is 0 Å². The van der Waals surface area contributed by atoms with E-state index in [2.05, 4.69) is 16.0 Å². The largest absolute Gasteiger partial charge is 0.481 e. The highest BCUT2D eigenvalue weighted by Crippen LogP contribution is 2.11. The Balaban J connectivity index is 5.50. The zero-order chi connectivity index (χ0) is 25.9. The lowest BCUT2D eigenvalue weighted by atomic mass is 9.96. The first-order chi connectivity index (χ1) is 15.2. The summed E-state index contributed by atoms with van der Waals surface area (Å²) in [4.78, 5) is 71.1. The van der Waals surface area contributed by atoms with Crippen LogP contribution >= 0.6 is 0 Å². The van der Waals surface area contributed by atoms with Gasteiger partial charge in [0.15, 0.2) is 0 Å². The van der Waals surface area contributed by atoms with Gasteiger partial charge >= 0.3 is 11.9 Å². The van der Waals surface area contributed by atoms with Crippen LogP contribution in [0.3, 0.4) is 0 Å². The molecule has 0 aliphatic carbocycles. The smallest absolute Gasteiger partial charge is 0.326 e. The van der Waals surface area contributed by atoms with Crippen LogP contribution in [0.2, 0.25) is 0 Å². The molecule has 4 amide bonds. The summed E-state index contributed by atoms with van der Waals surface area (Å²) in [5, 5.41) is 25.3. The highest BCUT2D eigenvalue weighted by Gasteiger charge is 2.34. The van der Waals surface area contributed by atoms with Crippen LogP contribution in [0.15, 0.2) is 0 Å². The van der Waals surface area contributed by atoms with E-state index in [4.69, 9.17) is 16.6 Å². The van der Waals surface area contributed by atoms with Gasteiger partial charge in [0.25, 0.3) is 0 Å². The summed E-state index contributed by atoms with van der Waals surface area (Å²) < 4.78 is 0. The summed E-state index contributed by atoms with van der Waals surface area (Å²) in [6, 6.07) is -5.01. The number of hydrogen-bond acceptors (Lipinski definition) is 7. The molecule has 0 saturated carbocycles. The number of hydrogen-bond donors (Lipinski definition) is 7. The maximum Gasteiger partial charge on any atom is 0.326 e. The minimum absolute atomic E-state index is 0.219. The summed E-state index contributed by atoms with van der Waals surface area (Å²) in [7, 11) is 0. The van der Waals surface area contributed by atoms with Crippen molar-refractivity contribution in [3.63, 3.8) is 0 Å². The number of primary amides is 1. The third kappa shape index (κ3) is 10.8. The number of carboxylic acid groups (broad SMARTS) is 2. The predicted octanol–water partition coefficient (Wildman–Crippen LogP) is -1.70. The van der Waals surface area contributed by atoms with E-state index in [0.29, 0.717) is 6.42 Å². The molecular formula is C20H35N5O8. The molecule has 5 atom stereocenters. The number of nitrogens with two attached hydrogens (primary N) is 2. The quantitative estimate of drug-likeness (QED) is 0.143. The van der Waals surface area contributed by atoms with Gasteiger partial charge < -0.3 is 37.6 Å². The summed E-state index contributed by atoms with van der Waals surface area (Å²) >= 11 is 0. The van der Waals surface area contributed by atoms with Gasteiger partial charge in [-0.15, -0.1) is 0 Å². The molecule has 0 spiro atoms. The number of carboxylic acids is 2. The zero-order valence-corrected chi connectivity index (χ0v) is 19.3. The van der Waals surface area contributed by atoms with E-state index in [9.17, 15) is 33.9 Å². The van der Waals surface area contributed by atoms with E-state index in [0.717, 1.165) is 0 Å². The first-order valence-electron chi connectivity index (χ1n) is 10.6. The SMILES string of the molecule is CCC(C)C(NC(=O)C(NC(=O)C(N)CC(=O)O)C(C)C)C(=O)NC(CCC(N)=O)C(=O)O. The third-order valence-electron chi connectivity index (χ3n) is 5.07. The Labute approximate surface area is 192 Å². The molecule has 13 heteroatoms. The molecule has 13 nitrogen and oxygen atoms in total. The second-order valence-electron chi connectivity index (χ2n) is 8.21. The van der Waals surface area contributed by atoms with Crippen molar-refractivity contribution >= 4 is 35.6 Å². The van der Waals surface area contributed by atoms with Crippen molar-refractivity contribution in [2.45, 2.75) is 77.5 Å². The van der Waals surface area contributed by atoms with E-state index >= 15 is 0 Å². The second kappa shape index (κ2) is 14.0. The van der Waals surface area contributed by atoms with Gasteiger partial charge in [-0.05, 0) is 18.3 Å². The van der Waals surface area contributed by atoms with Gasteiger partial charge in [-0.3, -0.25) is 24.0 Å². The van der Waals surface area contributed by atoms with Crippen LogP contribution < -0.4 is 27.4 Å². The number of nitrogens with one attached hydrogen (secondary N) is 3. The Morgan fingerprint density at radius 3 is 1.79 bits per heavy atom. The molecule has 0 bridgehead atoms. The predicted molar refractivity (Wildman–Crippen MR) is 116 cm³/mol. The Kier molecular flexibility index (Phi) is 12.7. The summed E-state index contributed by atoms with van der Waals surface area (Å²) in [5.74, 6) is -6.53. The molecule has 188 valence electrons. The number of carbonyl (C=O) groups is 6. The molecule has 0 saturated heterocycles. The first-order valence-corrected chi connectivity index (χ1v) is 10.6. The number of aliphatic carboxylic acids is 2. The van der Waals surface area contributed by atoms with E-state index < -0.39 is 78.0 Å². The van der Waals surface area contributed by atoms with Crippen LogP contribution in [0.4, 0.5) is 0 Å². The molecule has 0 aromatic rings. The average molecular weight is 474 g/mol. The Morgan fingerprint density at radius 2 is 1.36 bits per heavy atom. The van der Waals surface area contributed by atoms with Crippen LogP contribution in [0.5, 0.6) is 0 Å². The lowest BCUT2D eigenvalue weighted by molar-refractivity contribution is -0.143. The molecule has 0 aliphatic heterocycles. The Bertz CT molecular complexity index is 742. The van der Waals surface area contributed by atoms with Gasteiger partial charge in [0.2, 0.25) is 23.6 Å². The van der Waals surface area contributed by atoms with Crippen molar-refractivity contribution in [3.8, 4) is 0 Å². The molecule has 9 N–H and O–H groups in total. The van der Waals surface area contributed by atoms with Gasteiger partial charge in [0, 0.05) is 6.42 Å². The molecule has 0 heterocycles. The van der Waals surface area contributed by atoms with E-state index in [-0.39, 0.29) is 12.8 Å². The van der Waals surface area contributed by atoms with Crippen LogP contribution in [0, 0.1) is 11.8 Å². The zero-order valence-electron chi connectivity index (χ0n) is 19.3. The lowest BCUT2D eigenvalue weighted by Crippen LogP contribution is -2.59. The van der Waals surface area contributed by atoms with Gasteiger partial charge in [0.05, 0.1) is 12.5 Å². The summed E-state index contributed by atoms with van der Waals surface area (Å²) in [5.41, 5.74) is 10.6. The molecule has 33 heavy (non-hydrogen) atoms. The van der Waals surface area contributed by atoms with Crippen molar-refractivity contribution in [2.75, 3.05) is 0 Å². The van der Waals surface area contributed by atoms with Crippen LogP contribution in [0.25, 0.3) is 0 Å². The summed E-state index contributed by atoms with van der Waals surface area (Å²) in [6.45, 7) is 6.71. The topological polar surface area (TPSA) is 231 Å². The van der Waals surface area contributed by atoms with Crippen molar-refractivity contribution in [1.82, 2.24) is 16.0 Å². The monoisotopic (exact) mass is 473 g/mol. The average Bonchev–Trinajstić information content (AvgIpc) is 2.70. The molecule has 0 fully saturated rings. The standard InChI is InChI=1S/C20H35N5O8/c1-5-10(4)16(19(31)23-12(20(32)33)6-7-13(22)26)25-18(30)15(9(2)3)24-17(29)11(21)8-14(27)28/h9-12,15-16H,5-8,21H2,1-4H3,(H2,22,26)(H,23,31)(H,24,29)(H,25,30)(H,27,28)(H,32,33). The fourth-order valence-corrected chi connectivity index (χ4v) is 2.83. The fraction of sp³-hybridized carbons (Fsp3) is 0.700. The number of carbonyl (C=O) groups excluding carboxylic acids is 4. The number of amides is 4. The van der Waals surface area contributed by atoms with E-state index in [1.54, 1.807) is 27.7 Å². The minimum Gasteiger partial charge on any atom is -0.481 e. The highest BCUT2D eigenvalue weighted by atomic mass is 16.4. The normalized spacial score (nSPS) is 15.5. The summed E-state index contributed by atoms with van der Waals surface area (Å²) in [6.07, 6.45) is -0.642. The van der Waals surface area contributed by atoms with Crippen LogP contribution in [-0.4, -0.2) is 69.9 Å². The third-order valence-corrected chi connectivity index (χ3v) is 5.07. The second-order valence-corrected chi connectivity index (χ2v) is 8.21. The Hall–Kier alpha value is -3.22. The van der Waals surface area contributed by atoms with Crippen molar-refractivity contribution in [1.29, 1.82) is 0 Å². The lowest BCUT2D eigenvalue weighted by Gasteiger charge is -2.29.